The zero-order valence-electron chi connectivity index (χ0n) is 11.0. The van der Waals surface area contributed by atoms with Crippen molar-refractivity contribution in [3.05, 3.63) is 33.9 Å². The minimum atomic E-state index is -0.353. The molecule has 6 heteroatoms. The van der Waals surface area contributed by atoms with E-state index in [0.29, 0.717) is 26.4 Å². The van der Waals surface area contributed by atoms with Crippen LogP contribution in [0.2, 0.25) is 5.02 Å². The highest BCUT2D eigenvalue weighted by Gasteiger charge is 2.19. The van der Waals surface area contributed by atoms with Gasteiger partial charge in [0.15, 0.2) is 0 Å². The largest absolute Gasteiger partial charge is 0.396 e. The summed E-state index contributed by atoms with van der Waals surface area (Å²) < 4.78 is 13.8. The van der Waals surface area contributed by atoms with Crippen LogP contribution in [0.4, 0.5) is 4.39 Å². The van der Waals surface area contributed by atoms with Crippen molar-refractivity contribution < 1.29 is 14.3 Å². The zero-order valence-corrected chi connectivity index (χ0v) is 12.5. The Morgan fingerprint density at radius 2 is 2.30 bits per heavy atom. The summed E-state index contributed by atoms with van der Waals surface area (Å²) in [5.74, 6) is -0.633. The second kappa shape index (κ2) is 6.52. The van der Waals surface area contributed by atoms with Gasteiger partial charge in [-0.25, -0.2) is 4.39 Å². The van der Waals surface area contributed by atoms with Gasteiger partial charge in [0.05, 0.1) is 5.02 Å². The summed E-state index contributed by atoms with van der Waals surface area (Å²) in [6, 6.07) is 4.17. The second-order valence-electron chi connectivity index (χ2n) is 4.48. The van der Waals surface area contributed by atoms with Gasteiger partial charge in [0.1, 0.15) is 10.7 Å². The summed E-state index contributed by atoms with van der Waals surface area (Å²) in [7, 11) is 0. The maximum Gasteiger partial charge on any atom is 0.263 e. The molecule has 0 aliphatic heterocycles. The fourth-order valence-electron chi connectivity index (χ4n) is 1.97. The summed E-state index contributed by atoms with van der Waals surface area (Å²) in [5, 5.41) is 12.8. The van der Waals surface area contributed by atoms with Gasteiger partial charge in [0.2, 0.25) is 0 Å². The first-order valence-corrected chi connectivity index (χ1v) is 7.55. The molecule has 108 valence electrons. The van der Waals surface area contributed by atoms with Crippen LogP contribution in [0.15, 0.2) is 18.2 Å². The van der Waals surface area contributed by atoms with Gasteiger partial charge >= 0.3 is 0 Å². The quantitative estimate of drug-likeness (QED) is 0.886. The van der Waals surface area contributed by atoms with Crippen molar-refractivity contribution in [3.8, 4) is 0 Å². The lowest BCUT2D eigenvalue weighted by Gasteiger charge is -2.14. The fraction of sp³-hybridized carbons (Fsp3) is 0.357. The number of rotatable bonds is 5. The maximum atomic E-state index is 13.2. The zero-order chi connectivity index (χ0) is 14.7. The normalized spacial score (nSPS) is 12.6. The number of aliphatic hydroxyl groups excluding tert-OH is 1. The predicted molar refractivity (Wildman–Crippen MR) is 80.0 cm³/mol. The van der Waals surface area contributed by atoms with E-state index in [0.717, 1.165) is 6.42 Å². The highest BCUT2D eigenvalue weighted by molar-refractivity contribution is 7.21. The molecule has 0 saturated heterocycles. The van der Waals surface area contributed by atoms with Crippen LogP contribution in [-0.4, -0.2) is 23.7 Å². The number of hydrogen-bond acceptors (Lipinski definition) is 3. The summed E-state index contributed by atoms with van der Waals surface area (Å²) in [4.78, 5) is 12.6. The van der Waals surface area contributed by atoms with Crippen LogP contribution in [0.25, 0.3) is 10.1 Å². The molecule has 3 nitrogen and oxygen atoms in total. The summed E-state index contributed by atoms with van der Waals surface area (Å²) >= 11 is 7.36. The Bertz CT molecular complexity index is 629. The van der Waals surface area contributed by atoms with Crippen molar-refractivity contribution in [2.24, 2.45) is 0 Å². The Kier molecular flexibility index (Phi) is 4.96. The standard InChI is InChI=1S/C14H15ClFNO2S/c1-2-9(5-6-18)17-14(19)13-12(15)10-4-3-8(16)7-11(10)20-13/h3-4,7,9,18H,2,5-6H2,1H3,(H,17,19). The summed E-state index contributed by atoms with van der Waals surface area (Å²) in [5.41, 5.74) is 0. The lowest BCUT2D eigenvalue weighted by atomic mass is 10.1. The van der Waals surface area contributed by atoms with E-state index < -0.39 is 0 Å². The third-order valence-corrected chi connectivity index (χ3v) is 4.76. The van der Waals surface area contributed by atoms with E-state index in [-0.39, 0.29) is 24.4 Å². The molecule has 1 amide bonds. The molecule has 0 spiro atoms. The van der Waals surface area contributed by atoms with Crippen LogP contribution in [-0.2, 0) is 0 Å². The Morgan fingerprint density at radius 1 is 1.55 bits per heavy atom. The minimum Gasteiger partial charge on any atom is -0.396 e. The van der Waals surface area contributed by atoms with Crippen molar-refractivity contribution in [1.29, 1.82) is 0 Å². The molecule has 2 N–H and O–H groups in total. The van der Waals surface area contributed by atoms with Gasteiger partial charge in [0.25, 0.3) is 5.91 Å². The molecule has 0 saturated carbocycles. The average molecular weight is 316 g/mol. The van der Waals surface area contributed by atoms with Crippen molar-refractivity contribution in [1.82, 2.24) is 5.32 Å². The van der Waals surface area contributed by atoms with Crippen LogP contribution in [0.3, 0.4) is 0 Å². The Hall–Kier alpha value is -1.17. The van der Waals surface area contributed by atoms with Crippen LogP contribution in [0.1, 0.15) is 29.4 Å². The first-order valence-electron chi connectivity index (χ1n) is 6.36. The molecule has 2 aromatic rings. The molecule has 1 unspecified atom stereocenters. The van der Waals surface area contributed by atoms with E-state index in [1.54, 1.807) is 6.07 Å². The van der Waals surface area contributed by atoms with Crippen LogP contribution in [0.5, 0.6) is 0 Å². The van der Waals surface area contributed by atoms with Crippen molar-refractivity contribution in [2.75, 3.05) is 6.61 Å². The van der Waals surface area contributed by atoms with Crippen LogP contribution >= 0.6 is 22.9 Å². The molecule has 1 aromatic heterocycles. The first kappa shape index (κ1) is 15.2. The van der Waals surface area contributed by atoms with Gasteiger partial charge in [-0.1, -0.05) is 18.5 Å². The topological polar surface area (TPSA) is 49.3 Å². The Labute approximate surface area is 125 Å². The van der Waals surface area contributed by atoms with Gasteiger partial charge in [0, 0.05) is 22.7 Å². The number of carbonyl (C=O) groups excluding carboxylic acids is 1. The lowest BCUT2D eigenvalue weighted by Crippen LogP contribution is -2.34. The van der Waals surface area contributed by atoms with Gasteiger partial charge in [-0.2, -0.15) is 0 Å². The third-order valence-electron chi connectivity index (χ3n) is 3.10. The van der Waals surface area contributed by atoms with Gasteiger partial charge in [-0.05, 0) is 31.0 Å². The fourth-order valence-corrected chi connectivity index (χ4v) is 3.42. The summed E-state index contributed by atoms with van der Waals surface area (Å²) in [6.07, 6.45) is 1.23. The number of aliphatic hydroxyl groups is 1. The first-order chi connectivity index (χ1) is 9.56. The Morgan fingerprint density at radius 3 is 2.95 bits per heavy atom. The molecule has 20 heavy (non-hydrogen) atoms. The average Bonchev–Trinajstić information content (AvgIpc) is 2.74. The number of nitrogens with one attached hydrogen (secondary N) is 1. The molecule has 1 heterocycles. The molecular weight excluding hydrogens is 301 g/mol. The highest BCUT2D eigenvalue weighted by Crippen LogP contribution is 2.35. The molecule has 1 atom stereocenters. The van der Waals surface area contributed by atoms with E-state index in [9.17, 15) is 9.18 Å². The molecule has 0 bridgehead atoms. The van der Waals surface area contributed by atoms with Crippen LogP contribution < -0.4 is 5.32 Å². The van der Waals surface area contributed by atoms with E-state index in [2.05, 4.69) is 5.32 Å². The van der Waals surface area contributed by atoms with Crippen molar-refractivity contribution >= 4 is 38.9 Å². The lowest BCUT2D eigenvalue weighted by molar-refractivity contribution is 0.0933. The molecule has 1 aromatic carbocycles. The van der Waals surface area contributed by atoms with E-state index in [4.69, 9.17) is 16.7 Å². The van der Waals surface area contributed by atoms with Gasteiger partial charge < -0.3 is 10.4 Å². The smallest absolute Gasteiger partial charge is 0.263 e. The molecule has 0 fully saturated rings. The molecule has 0 aliphatic carbocycles. The second-order valence-corrected chi connectivity index (χ2v) is 5.91. The van der Waals surface area contributed by atoms with Crippen molar-refractivity contribution in [3.63, 3.8) is 0 Å². The van der Waals surface area contributed by atoms with E-state index in [1.165, 1.54) is 23.5 Å². The maximum absolute atomic E-state index is 13.2. The molecule has 0 radical (unpaired) electrons. The Balaban J connectivity index is 2.28. The molecular formula is C14H15ClFNO2S. The predicted octanol–water partition coefficient (Wildman–Crippen LogP) is 3.58. The third kappa shape index (κ3) is 3.11. The number of thiophene rings is 1. The van der Waals surface area contributed by atoms with Crippen molar-refractivity contribution in [2.45, 2.75) is 25.8 Å². The highest BCUT2D eigenvalue weighted by atomic mass is 35.5. The van der Waals surface area contributed by atoms with Crippen LogP contribution in [0, 0.1) is 5.82 Å². The molecule has 0 aliphatic rings. The van der Waals surface area contributed by atoms with Gasteiger partial charge in [-0.3, -0.25) is 4.79 Å². The monoisotopic (exact) mass is 315 g/mol. The minimum absolute atomic E-state index is 0.0180. The number of benzene rings is 1. The number of fused-ring (bicyclic) bond motifs is 1. The number of carbonyl (C=O) groups is 1. The SMILES string of the molecule is CCC(CCO)NC(=O)c1sc2cc(F)ccc2c1Cl. The number of halogens is 2. The van der Waals surface area contributed by atoms with E-state index >= 15 is 0 Å². The van der Waals surface area contributed by atoms with Gasteiger partial charge in [-0.15, -0.1) is 11.3 Å². The van der Waals surface area contributed by atoms with E-state index in [1.807, 2.05) is 6.92 Å². The number of hydrogen-bond donors (Lipinski definition) is 2. The molecule has 2 rings (SSSR count). The summed E-state index contributed by atoms with van der Waals surface area (Å²) in [6.45, 7) is 1.95. The number of amides is 1.